The van der Waals surface area contributed by atoms with Crippen LogP contribution in [0.5, 0.6) is 0 Å². The molecule has 0 unspecified atom stereocenters. The molecule has 0 saturated carbocycles. The van der Waals surface area contributed by atoms with E-state index in [1.807, 2.05) is 30.3 Å². The first-order chi connectivity index (χ1) is 30.2. The summed E-state index contributed by atoms with van der Waals surface area (Å²) in [5.41, 5.74) is 14.3. The first kappa shape index (κ1) is 33.7. The Balaban J connectivity index is 1.09. The highest BCUT2D eigenvalue weighted by molar-refractivity contribution is 6.22. The Hall–Kier alpha value is -8.22. The zero-order valence-electron chi connectivity index (χ0n) is 32.6. The molecule has 61 heavy (non-hydrogen) atoms. The van der Waals surface area contributed by atoms with Crippen LogP contribution < -0.4 is 0 Å². The molecule has 6 heteroatoms. The first-order valence-electron chi connectivity index (χ1n) is 20.5. The lowest BCUT2D eigenvalue weighted by atomic mass is 9.93. The van der Waals surface area contributed by atoms with Crippen molar-refractivity contribution < 1.29 is 4.39 Å². The van der Waals surface area contributed by atoms with Crippen LogP contribution in [0.25, 0.3) is 122 Å². The number of hydrogen-bond acceptors (Lipinski definition) is 3. The van der Waals surface area contributed by atoms with Gasteiger partial charge in [-0.2, -0.15) is 0 Å². The minimum Gasteiger partial charge on any atom is -0.309 e. The normalized spacial score (nSPS) is 12.0. The molecule has 0 N–H and O–H groups in total. The van der Waals surface area contributed by atoms with Crippen molar-refractivity contribution in [3.8, 4) is 67.8 Å². The Kier molecular flexibility index (Phi) is 7.13. The van der Waals surface area contributed by atoms with Crippen molar-refractivity contribution in [2.24, 2.45) is 0 Å². The van der Waals surface area contributed by atoms with Gasteiger partial charge < -0.3 is 9.13 Å². The number of halogens is 1. The molecule has 0 saturated heterocycles. The third-order valence-corrected chi connectivity index (χ3v) is 12.4. The monoisotopic (exact) mass is 781 g/mol. The molecule has 0 amide bonds. The quantitative estimate of drug-likeness (QED) is 0.179. The van der Waals surface area contributed by atoms with E-state index in [1.54, 1.807) is 12.1 Å². The van der Waals surface area contributed by atoms with E-state index >= 15 is 0 Å². The van der Waals surface area contributed by atoms with Gasteiger partial charge in [-0.05, 0) is 77.2 Å². The van der Waals surface area contributed by atoms with Crippen molar-refractivity contribution in [3.05, 3.63) is 200 Å². The third-order valence-electron chi connectivity index (χ3n) is 12.4. The molecule has 284 valence electrons. The lowest BCUT2D eigenvalue weighted by Gasteiger charge is -2.15. The average Bonchev–Trinajstić information content (AvgIpc) is 3.78. The predicted molar refractivity (Wildman–Crippen MR) is 247 cm³/mol. The van der Waals surface area contributed by atoms with Gasteiger partial charge in [-0.1, -0.05) is 133 Å². The second-order valence-electron chi connectivity index (χ2n) is 15.7. The summed E-state index contributed by atoms with van der Waals surface area (Å²) in [4.78, 5) is 15.0. The van der Waals surface area contributed by atoms with Crippen molar-refractivity contribution >= 4 is 54.4 Å². The Morgan fingerprint density at radius 3 is 1.69 bits per heavy atom. The molecule has 13 rings (SSSR count). The van der Waals surface area contributed by atoms with Gasteiger partial charge in [0.2, 0.25) is 0 Å². The van der Waals surface area contributed by atoms with Crippen LogP contribution >= 0.6 is 0 Å². The van der Waals surface area contributed by atoms with Crippen LogP contribution in [0.3, 0.4) is 0 Å². The molecule has 0 bridgehead atoms. The Bertz CT molecular complexity index is 3770. The average molecular weight is 782 g/mol. The fourth-order valence-corrected chi connectivity index (χ4v) is 9.72. The lowest BCUT2D eigenvalue weighted by molar-refractivity contribution is 0.628. The van der Waals surface area contributed by atoms with E-state index in [2.05, 4.69) is 149 Å². The van der Waals surface area contributed by atoms with E-state index in [4.69, 9.17) is 15.0 Å². The number of benzene rings is 9. The summed E-state index contributed by atoms with van der Waals surface area (Å²) in [6, 6.07) is 66.9. The van der Waals surface area contributed by atoms with Crippen LogP contribution in [0.2, 0.25) is 0 Å². The smallest absolute Gasteiger partial charge is 0.164 e. The largest absolute Gasteiger partial charge is 0.309 e. The molecule has 0 atom stereocenters. The van der Waals surface area contributed by atoms with Crippen molar-refractivity contribution in [3.63, 3.8) is 0 Å². The maximum Gasteiger partial charge on any atom is 0.164 e. The van der Waals surface area contributed by atoms with Gasteiger partial charge >= 0.3 is 0 Å². The molecule has 12 aromatic rings. The fraction of sp³-hybridized carbons (Fsp3) is 0. The highest BCUT2D eigenvalue weighted by Gasteiger charge is 2.26. The van der Waals surface area contributed by atoms with Gasteiger partial charge in [0, 0.05) is 54.7 Å². The van der Waals surface area contributed by atoms with Crippen LogP contribution in [0.1, 0.15) is 0 Å². The van der Waals surface area contributed by atoms with Crippen LogP contribution in [-0.2, 0) is 0 Å². The molecule has 1 aliphatic rings. The number of hydrogen-bond donors (Lipinski definition) is 0. The fourth-order valence-electron chi connectivity index (χ4n) is 9.72. The number of fused-ring (bicyclic) bond motifs is 12. The summed E-state index contributed by atoms with van der Waals surface area (Å²) < 4.78 is 19.0. The van der Waals surface area contributed by atoms with Gasteiger partial charge in [0.15, 0.2) is 17.5 Å². The number of nitrogens with zero attached hydrogens (tertiary/aromatic N) is 5. The topological polar surface area (TPSA) is 48.5 Å². The molecular weight excluding hydrogens is 750 g/mol. The van der Waals surface area contributed by atoms with E-state index in [-0.39, 0.29) is 5.82 Å². The molecule has 0 fully saturated rings. The van der Waals surface area contributed by atoms with Crippen LogP contribution in [-0.4, -0.2) is 24.1 Å². The molecule has 0 aliphatic carbocycles. The van der Waals surface area contributed by atoms with Crippen LogP contribution in [0.4, 0.5) is 4.39 Å². The summed E-state index contributed by atoms with van der Waals surface area (Å²) in [5, 5.41) is 6.92. The number of rotatable bonds is 4. The summed E-state index contributed by atoms with van der Waals surface area (Å²) in [6.45, 7) is 0. The zero-order valence-corrected chi connectivity index (χ0v) is 32.6. The highest BCUT2D eigenvalue weighted by atomic mass is 19.1. The Morgan fingerprint density at radius 1 is 0.311 bits per heavy atom. The second-order valence-corrected chi connectivity index (χ2v) is 15.7. The van der Waals surface area contributed by atoms with Crippen LogP contribution in [0, 0.1) is 5.82 Å². The molecule has 0 radical (unpaired) electrons. The molecule has 4 heterocycles. The van der Waals surface area contributed by atoms with E-state index < -0.39 is 0 Å². The zero-order chi connectivity index (χ0) is 40.2. The van der Waals surface area contributed by atoms with E-state index in [0.29, 0.717) is 23.0 Å². The maximum absolute atomic E-state index is 14.1. The molecule has 1 aliphatic heterocycles. The summed E-state index contributed by atoms with van der Waals surface area (Å²) in [6.07, 6.45) is 0. The Labute approximate surface area is 349 Å². The lowest BCUT2D eigenvalue weighted by Crippen LogP contribution is -2.02. The SMILES string of the molecule is Fc1ccc(-c2nc(-c3ccccc3)nc(-c3ccc(-n4c5ccccc5c5cc6c7cccc8c7n(c6cc54)-c4ccccc4-c4ccccc4-8)c4ccccc34)n2)cc1. The van der Waals surface area contributed by atoms with Gasteiger partial charge in [-0.3, -0.25) is 0 Å². The van der Waals surface area contributed by atoms with Gasteiger partial charge in [-0.25, -0.2) is 19.3 Å². The summed E-state index contributed by atoms with van der Waals surface area (Å²) in [5.74, 6) is 1.27. The predicted octanol–water partition coefficient (Wildman–Crippen LogP) is 14.0. The third kappa shape index (κ3) is 4.96. The van der Waals surface area contributed by atoms with Crippen molar-refractivity contribution in [1.82, 2.24) is 24.1 Å². The van der Waals surface area contributed by atoms with Gasteiger partial charge in [0.05, 0.1) is 33.4 Å². The van der Waals surface area contributed by atoms with E-state index in [1.165, 1.54) is 67.1 Å². The van der Waals surface area contributed by atoms with E-state index in [9.17, 15) is 4.39 Å². The van der Waals surface area contributed by atoms with E-state index in [0.717, 1.165) is 44.1 Å². The Morgan fingerprint density at radius 2 is 0.885 bits per heavy atom. The van der Waals surface area contributed by atoms with Gasteiger partial charge in [0.1, 0.15) is 5.82 Å². The minimum absolute atomic E-state index is 0.311. The van der Waals surface area contributed by atoms with Gasteiger partial charge in [-0.15, -0.1) is 0 Å². The molecule has 9 aromatic carbocycles. The molecule has 0 spiro atoms. The van der Waals surface area contributed by atoms with Crippen LogP contribution in [0.15, 0.2) is 194 Å². The first-order valence-corrected chi connectivity index (χ1v) is 20.5. The van der Waals surface area contributed by atoms with Gasteiger partial charge in [0.25, 0.3) is 0 Å². The van der Waals surface area contributed by atoms with Crippen molar-refractivity contribution in [1.29, 1.82) is 0 Å². The number of aromatic nitrogens is 5. The highest BCUT2D eigenvalue weighted by Crippen LogP contribution is 2.48. The summed E-state index contributed by atoms with van der Waals surface area (Å²) in [7, 11) is 0. The summed E-state index contributed by atoms with van der Waals surface area (Å²) >= 11 is 0. The maximum atomic E-state index is 14.1. The number of para-hydroxylation sites is 3. The molecule has 5 nitrogen and oxygen atoms in total. The second kappa shape index (κ2) is 12.9. The van der Waals surface area contributed by atoms with Crippen molar-refractivity contribution in [2.75, 3.05) is 0 Å². The minimum atomic E-state index is -0.311. The standard InChI is InChI=1S/C55H32FN5/c56-35-27-25-34(26-28-35)54-57-53(33-13-2-1-3-14-33)58-55(59-54)44-29-30-49(40-18-7-6-17-38(40)44)60-47-23-10-9-20-41(47)45-31-46-43-22-12-21-42-37-16-5-4-15-36(37)39-19-8-11-24-48(39)61(52(42)43)51(46)32-50(45)60/h1-32H. The molecule has 3 aromatic heterocycles. The van der Waals surface area contributed by atoms with Crippen molar-refractivity contribution in [2.45, 2.75) is 0 Å². The molecular formula is C55H32FN5.